The van der Waals surface area contributed by atoms with Gasteiger partial charge in [0.2, 0.25) is 16.9 Å². The van der Waals surface area contributed by atoms with Crippen LogP contribution < -0.4 is 10.1 Å². The molecule has 0 aliphatic carbocycles. The van der Waals surface area contributed by atoms with Crippen LogP contribution in [0, 0.1) is 10.1 Å². The molecule has 3 atom stereocenters. The summed E-state index contributed by atoms with van der Waals surface area (Å²) < 4.78 is 17.3. The molecule has 0 radical (unpaired) electrons. The second-order valence-corrected chi connectivity index (χ2v) is 9.39. The number of para-hydroxylation sites is 1. The van der Waals surface area contributed by atoms with Gasteiger partial charge in [-0.15, -0.1) is 0 Å². The number of rotatable bonds is 7. The van der Waals surface area contributed by atoms with Crippen molar-refractivity contribution in [3.8, 4) is 11.5 Å². The molecule has 1 fully saturated rings. The summed E-state index contributed by atoms with van der Waals surface area (Å²) >= 11 is 0. The van der Waals surface area contributed by atoms with Gasteiger partial charge in [0, 0.05) is 17.7 Å². The normalized spacial score (nSPS) is 22.4. The van der Waals surface area contributed by atoms with Gasteiger partial charge in [-0.3, -0.25) is 20.2 Å². The number of benzene rings is 3. The molecular formula is C29H26N2O9. The van der Waals surface area contributed by atoms with Crippen LogP contribution in [0.4, 0.5) is 5.69 Å². The first-order chi connectivity index (χ1) is 19.2. The first kappa shape index (κ1) is 26.8. The molecule has 0 bridgehead atoms. The standard InChI is InChI=1S/C29H26N2O9/c1-3-38-26(34)28(27(35)39-4-2)23(17-10-6-5-7-11-17)29(25(33)19-12-8-9-13-22(19)40-29)24(30-28)20-16-18(31(36)37)14-15-21(20)32/h5-16,23-24,30,32H,3-4H2,1-2H3/t23-,24-,29-/m1/s1. The van der Waals surface area contributed by atoms with E-state index in [0.717, 1.165) is 18.2 Å². The smallest absolute Gasteiger partial charge is 0.338 e. The first-order valence-corrected chi connectivity index (χ1v) is 12.7. The predicted octanol–water partition coefficient (Wildman–Crippen LogP) is 3.61. The molecule has 2 aliphatic rings. The molecule has 0 saturated carbocycles. The Kier molecular flexibility index (Phi) is 6.76. The lowest BCUT2D eigenvalue weighted by atomic mass is 9.68. The molecule has 11 nitrogen and oxygen atoms in total. The van der Waals surface area contributed by atoms with E-state index in [4.69, 9.17) is 14.2 Å². The molecule has 1 spiro atoms. The third kappa shape index (κ3) is 3.81. The highest BCUT2D eigenvalue weighted by molar-refractivity contribution is 6.14. The molecule has 11 heteroatoms. The van der Waals surface area contributed by atoms with E-state index in [1.807, 2.05) is 0 Å². The number of ketones is 1. The summed E-state index contributed by atoms with van der Waals surface area (Å²) in [5.74, 6) is -4.25. The molecule has 206 valence electrons. The van der Waals surface area contributed by atoms with Crippen molar-refractivity contribution in [2.24, 2.45) is 0 Å². The van der Waals surface area contributed by atoms with Gasteiger partial charge in [0.15, 0.2) is 0 Å². The molecular weight excluding hydrogens is 520 g/mol. The molecule has 3 aromatic carbocycles. The Morgan fingerprint density at radius 3 is 2.23 bits per heavy atom. The fraction of sp³-hybridized carbons (Fsp3) is 0.276. The number of hydrogen-bond donors (Lipinski definition) is 2. The number of nitrogens with one attached hydrogen (secondary N) is 1. The first-order valence-electron chi connectivity index (χ1n) is 12.7. The van der Waals surface area contributed by atoms with E-state index in [1.54, 1.807) is 68.4 Å². The van der Waals surface area contributed by atoms with Crippen molar-refractivity contribution in [3.63, 3.8) is 0 Å². The van der Waals surface area contributed by atoms with Gasteiger partial charge in [0.1, 0.15) is 11.5 Å². The maximum Gasteiger partial charge on any atom is 0.338 e. The lowest BCUT2D eigenvalue weighted by Gasteiger charge is -2.37. The van der Waals surface area contributed by atoms with Crippen LogP contribution in [0.3, 0.4) is 0 Å². The summed E-state index contributed by atoms with van der Waals surface area (Å²) in [6, 6.07) is 16.6. The number of non-ortho nitro benzene ring substituents is 1. The molecule has 2 heterocycles. The second-order valence-electron chi connectivity index (χ2n) is 9.39. The molecule has 2 N–H and O–H groups in total. The van der Waals surface area contributed by atoms with Crippen LogP contribution in [0.2, 0.25) is 0 Å². The molecule has 3 aromatic rings. The largest absolute Gasteiger partial charge is 0.508 e. The Morgan fingerprint density at radius 1 is 1.00 bits per heavy atom. The molecule has 0 aromatic heterocycles. The van der Waals surface area contributed by atoms with Crippen molar-refractivity contribution in [3.05, 3.63) is 99.6 Å². The average molecular weight is 547 g/mol. The highest BCUT2D eigenvalue weighted by Crippen LogP contribution is 2.59. The van der Waals surface area contributed by atoms with Crippen LogP contribution in [0.1, 0.15) is 47.3 Å². The average Bonchev–Trinajstić information content (AvgIpc) is 3.42. The van der Waals surface area contributed by atoms with E-state index in [2.05, 4.69) is 5.32 Å². The Hall–Kier alpha value is -4.77. The summed E-state index contributed by atoms with van der Waals surface area (Å²) in [5.41, 5.74) is -4.36. The molecule has 0 amide bonds. The fourth-order valence-electron chi connectivity index (χ4n) is 5.73. The van der Waals surface area contributed by atoms with Gasteiger partial charge in [-0.2, -0.15) is 0 Å². The minimum Gasteiger partial charge on any atom is -0.508 e. The number of nitrogens with zero attached hydrogens (tertiary/aromatic N) is 1. The van der Waals surface area contributed by atoms with E-state index in [0.29, 0.717) is 5.56 Å². The number of phenolic OH excluding ortho intramolecular Hbond substituents is 1. The van der Waals surface area contributed by atoms with Gasteiger partial charge < -0.3 is 19.3 Å². The van der Waals surface area contributed by atoms with Crippen molar-refractivity contribution < 1.29 is 38.6 Å². The van der Waals surface area contributed by atoms with Crippen LogP contribution in [0.5, 0.6) is 11.5 Å². The van der Waals surface area contributed by atoms with Crippen LogP contribution in [-0.4, -0.2) is 52.1 Å². The highest BCUT2D eigenvalue weighted by Gasteiger charge is 2.77. The summed E-state index contributed by atoms with van der Waals surface area (Å²) in [4.78, 5) is 53.3. The number of carbonyl (C=O) groups excluding carboxylic acids is 3. The summed E-state index contributed by atoms with van der Waals surface area (Å²) in [7, 11) is 0. The van der Waals surface area contributed by atoms with Crippen LogP contribution in [0.15, 0.2) is 72.8 Å². The zero-order valence-corrected chi connectivity index (χ0v) is 21.7. The number of Topliss-reactive ketones (excluding diaryl/α,β-unsaturated/α-hetero) is 1. The predicted molar refractivity (Wildman–Crippen MR) is 140 cm³/mol. The summed E-state index contributed by atoms with van der Waals surface area (Å²) in [6.07, 6.45) is 0. The monoisotopic (exact) mass is 546 g/mol. The van der Waals surface area contributed by atoms with Crippen molar-refractivity contribution in [2.45, 2.75) is 36.9 Å². The number of nitro benzene ring substituents is 1. The van der Waals surface area contributed by atoms with Crippen molar-refractivity contribution in [2.75, 3.05) is 13.2 Å². The lowest BCUT2D eigenvalue weighted by molar-refractivity contribution is -0.385. The topological polar surface area (TPSA) is 154 Å². The maximum absolute atomic E-state index is 14.5. The van der Waals surface area contributed by atoms with E-state index in [9.17, 15) is 29.6 Å². The van der Waals surface area contributed by atoms with Crippen molar-refractivity contribution >= 4 is 23.4 Å². The van der Waals surface area contributed by atoms with Crippen molar-refractivity contribution in [1.82, 2.24) is 5.32 Å². The van der Waals surface area contributed by atoms with Gasteiger partial charge in [-0.05, 0) is 37.6 Å². The summed E-state index contributed by atoms with van der Waals surface area (Å²) in [5, 5.41) is 25.6. The molecule has 5 rings (SSSR count). The molecule has 0 unspecified atom stereocenters. The van der Waals surface area contributed by atoms with Gasteiger partial charge in [0.05, 0.1) is 35.7 Å². The minimum atomic E-state index is -2.34. The third-order valence-electron chi connectivity index (χ3n) is 7.29. The molecule has 40 heavy (non-hydrogen) atoms. The summed E-state index contributed by atoms with van der Waals surface area (Å²) in [6.45, 7) is 2.93. The fourth-order valence-corrected chi connectivity index (χ4v) is 5.73. The second kappa shape index (κ2) is 10.1. The Bertz CT molecular complexity index is 1490. The van der Waals surface area contributed by atoms with Crippen LogP contribution in [-0.2, 0) is 19.1 Å². The third-order valence-corrected chi connectivity index (χ3v) is 7.29. The van der Waals surface area contributed by atoms with Crippen LogP contribution in [0.25, 0.3) is 0 Å². The van der Waals surface area contributed by atoms with E-state index >= 15 is 0 Å². The van der Waals surface area contributed by atoms with Gasteiger partial charge in [-0.1, -0.05) is 42.5 Å². The lowest BCUT2D eigenvalue weighted by Crippen LogP contribution is -2.61. The number of hydrogen-bond acceptors (Lipinski definition) is 10. The molecule has 1 saturated heterocycles. The quantitative estimate of drug-likeness (QED) is 0.194. The number of ether oxygens (including phenoxy) is 3. The highest BCUT2D eigenvalue weighted by atomic mass is 16.6. The van der Waals surface area contributed by atoms with E-state index < -0.39 is 51.5 Å². The number of nitro groups is 1. The van der Waals surface area contributed by atoms with Gasteiger partial charge in [0.25, 0.3) is 5.69 Å². The Balaban J connectivity index is 1.89. The Labute approximate surface area is 228 Å². The zero-order valence-electron chi connectivity index (χ0n) is 21.7. The number of fused-ring (bicyclic) bond motifs is 1. The van der Waals surface area contributed by atoms with Gasteiger partial charge >= 0.3 is 11.9 Å². The number of phenols is 1. The minimum absolute atomic E-state index is 0.0993. The molecule has 2 aliphatic heterocycles. The Morgan fingerprint density at radius 2 is 1.62 bits per heavy atom. The maximum atomic E-state index is 14.5. The van der Waals surface area contributed by atoms with E-state index in [-0.39, 0.29) is 35.8 Å². The zero-order chi connectivity index (χ0) is 28.7. The SMILES string of the molecule is CCOC(=O)C1(C(=O)OCC)N[C@H](c2cc([N+](=O)[O-])ccc2O)[C@]2(Oc3ccccc3C2=O)[C@@H]1c1ccccc1. The van der Waals surface area contributed by atoms with Crippen molar-refractivity contribution in [1.29, 1.82) is 0 Å². The number of esters is 2. The van der Waals surface area contributed by atoms with Gasteiger partial charge in [-0.25, -0.2) is 9.59 Å². The van der Waals surface area contributed by atoms with Crippen LogP contribution >= 0.6 is 0 Å². The number of carbonyl (C=O) groups is 3. The number of aromatic hydroxyl groups is 1. The van der Waals surface area contributed by atoms with E-state index in [1.165, 1.54) is 0 Å².